The lowest BCUT2D eigenvalue weighted by atomic mass is 9.89. The summed E-state index contributed by atoms with van der Waals surface area (Å²) < 4.78 is 15.9. The van der Waals surface area contributed by atoms with Crippen LogP contribution in [0.4, 0.5) is 10.3 Å². The molecule has 0 radical (unpaired) electrons. The zero-order valence-corrected chi connectivity index (χ0v) is 20.8. The summed E-state index contributed by atoms with van der Waals surface area (Å²) in [7, 11) is 0. The fourth-order valence-corrected chi connectivity index (χ4v) is 5.82. The van der Waals surface area contributed by atoms with Crippen molar-refractivity contribution < 1.29 is 9.18 Å². The SMILES string of the molecule is Cc1ccc2nc(N3CCN(C(=O)c4cccc(F)c4)[C@@H](C)C3)n3c(C4CCCCC4)nnc3c2c1. The first kappa shape index (κ1) is 22.9. The van der Waals surface area contributed by atoms with Gasteiger partial charge in [0.05, 0.1) is 5.52 Å². The van der Waals surface area contributed by atoms with E-state index in [-0.39, 0.29) is 11.9 Å². The van der Waals surface area contributed by atoms with Gasteiger partial charge < -0.3 is 9.80 Å². The topological polar surface area (TPSA) is 66.6 Å². The van der Waals surface area contributed by atoms with Crippen LogP contribution in [-0.4, -0.2) is 56.1 Å². The lowest BCUT2D eigenvalue weighted by molar-refractivity contribution is 0.0672. The average molecular weight is 487 g/mol. The van der Waals surface area contributed by atoms with Crippen molar-refractivity contribution in [3.8, 4) is 0 Å². The number of rotatable bonds is 3. The predicted molar refractivity (Wildman–Crippen MR) is 138 cm³/mol. The van der Waals surface area contributed by atoms with Crippen LogP contribution < -0.4 is 4.90 Å². The van der Waals surface area contributed by atoms with Crippen LogP contribution in [0.5, 0.6) is 0 Å². The first-order valence-electron chi connectivity index (χ1n) is 13.0. The minimum absolute atomic E-state index is 0.0605. The van der Waals surface area contributed by atoms with Crippen LogP contribution in [0.15, 0.2) is 42.5 Å². The minimum atomic E-state index is -0.395. The summed E-state index contributed by atoms with van der Waals surface area (Å²) in [6, 6.07) is 12.1. The summed E-state index contributed by atoms with van der Waals surface area (Å²) in [5.74, 6) is 1.69. The Morgan fingerprint density at radius 3 is 2.64 bits per heavy atom. The number of halogens is 1. The first-order valence-corrected chi connectivity index (χ1v) is 13.0. The van der Waals surface area contributed by atoms with E-state index in [1.165, 1.54) is 37.0 Å². The van der Waals surface area contributed by atoms with Crippen molar-refractivity contribution in [2.75, 3.05) is 24.5 Å². The summed E-state index contributed by atoms with van der Waals surface area (Å²) in [6.07, 6.45) is 5.95. The van der Waals surface area contributed by atoms with Crippen LogP contribution in [0.25, 0.3) is 16.6 Å². The molecular weight excluding hydrogens is 455 g/mol. The molecule has 1 atom stereocenters. The third kappa shape index (κ3) is 3.98. The molecule has 0 unspecified atom stereocenters. The molecule has 186 valence electrons. The molecule has 1 amide bonds. The molecule has 0 bridgehead atoms. The number of piperazine rings is 1. The summed E-state index contributed by atoms with van der Waals surface area (Å²) >= 11 is 0. The van der Waals surface area contributed by atoms with Gasteiger partial charge in [0.2, 0.25) is 5.95 Å². The molecule has 0 spiro atoms. The number of hydrogen-bond acceptors (Lipinski definition) is 5. The maximum absolute atomic E-state index is 13.7. The van der Waals surface area contributed by atoms with Gasteiger partial charge in [0.25, 0.3) is 5.91 Å². The molecule has 7 nitrogen and oxygen atoms in total. The van der Waals surface area contributed by atoms with E-state index in [0.29, 0.717) is 31.1 Å². The molecule has 36 heavy (non-hydrogen) atoms. The summed E-state index contributed by atoms with van der Waals surface area (Å²) in [5, 5.41) is 10.4. The van der Waals surface area contributed by atoms with Crippen LogP contribution in [-0.2, 0) is 0 Å². The third-order valence-electron chi connectivity index (χ3n) is 7.71. The molecule has 1 aliphatic carbocycles. The lowest BCUT2D eigenvalue weighted by Gasteiger charge is -2.40. The highest BCUT2D eigenvalue weighted by Crippen LogP contribution is 2.35. The lowest BCUT2D eigenvalue weighted by Crippen LogP contribution is -2.54. The molecule has 4 aromatic rings. The van der Waals surface area contributed by atoms with E-state index in [1.54, 1.807) is 12.1 Å². The molecule has 1 aliphatic heterocycles. The van der Waals surface area contributed by atoms with Gasteiger partial charge in [-0.25, -0.2) is 13.8 Å². The highest BCUT2D eigenvalue weighted by molar-refractivity contribution is 5.95. The Balaban J connectivity index is 1.38. The molecule has 0 N–H and O–H groups in total. The smallest absolute Gasteiger partial charge is 0.254 e. The molecule has 8 heteroatoms. The second-order valence-electron chi connectivity index (χ2n) is 10.3. The number of hydrogen-bond donors (Lipinski definition) is 0. The largest absolute Gasteiger partial charge is 0.338 e. The molecule has 2 aromatic heterocycles. The zero-order chi connectivity index (χ0) is 24.8. The third-order valence-corrected chi connectivity index (χ3v) is 7.71. The van der Waals surface area contributed by atoms with Crippen molar-refractivity contribution in [2.24, 2.45) is 0 Å². The Bertz CT molecular complexity index is 1440. The van der Waals surface area contributed by atoms with Crippen LogP contribution in [0.1, 0.15) is 66.7 Å². The monoisotopic (exact) mass is 486 g/mol. The Kier molecular flexibility index (Phi) is 5.82. The Morgan fingerprint density at radius 1 is 1.03 bits per heavy atom. The number of anilines is 1. The van der Waals surface area contributed by atoms with E-state index in [4.69, 9.17) is 10.1 Å². The van der Waals surface area contributed by atoms with Crippen molar-refractivity contribution in [3.05, 3.63) is 65.2 Å². The van der Waals surface area contributed by atoms with E-state index < -0.39 is 5.82 Å². The molecule has 2 aromatic carbocycles. The van der Waals surface area contributed by atoms with Crippen LogP contribution in [0, 0.1) is 12.7 Å². The minimum Gasteiger partial charge on any atom is -0.338 e. The normalized spacial score (nSPS) is 19.4. The number of carbonyl (C=O) groups excluding carboxylic acids is 1. The molecule has 1 saturated carbocycles. The molecular formula is C28H31FN6O. The first-order chi connectivity index (χ1) is 17.5. The average Bonchev–Trinajstić information content (AvgIpc) is 3.34. The molecule has 2 fully saturated rings. The highest BCUT2D eigenvalue weighted by Gasteiger charge is 2.32. The number of aromatic nitrogens is 4. The maximum Gasteiger partial charge on any atom is 0.254 e. The predicted octanol–water partition coefficient (Wildman–Crippen LogP) is 5.12. The molecule has 6 rings (SSSR count). The van der Waals surface area contributed by atoms with Gasteiger partial charge >= 0.3 is 0 Å². The van der Waals surface area contributed by atoms with E-state index in [1.807, 2.05) is 11.8 Å². The number of benzene rings is 2. The summed E-state index contributed by atoms with van der Waals surface area (Å²) in [5.41, 5.74) is 3.30. The highest BCUT2D eigenvalue weighted by atomic mass is 19.1. The van der Waals surface area contributed by atoms with E-state index in [2.05, 4.69) is 39.5 Å². The fourth-order valence-electron chi connectivity index (χ4n) is 5.82. The van der Waals surface area contributed by atoms with Crippen molar-refractivity contribution in [1.82, 2.24) is 24.5 Å². The molecule has 3 heterocycles. The number of fused-ring (bicyclic) bond motifs is 3. The van der Waals surface area contributed by atoms with E-state index in [0.717, 1.165) is 41.2 Å². The van der Waals surface area contributed by atoms with Gasteiger partial charge in [-0.2, -0.15) is 0 Å². The molecule has 2 aliphatic rings. The van der Waals surface area contributed by atoms with E-state index in [9.17, 15) is 9.18 Å². The second kappa shape index (κ2) is 9.15. The maximum atomic E-state index is 13.7. The second-order valence-corrected chi connectivity index (χ2v) is 10.3. The van der Waals surface area contributed by atoms with Crippen molar-refractivity contribution >= 4 is 28.4 Å². The van der Waals surface area contributed by atoms with Gasteiger partial charge in [0.1, 0.15) is 11.6 Å². The zero-order valence-electron chi connectivity index (χ0n) is 20.8. The van der Waals surface area contributed by atoms with Gasteiger partial charge in [-0.3, -0.25) is 4.79 Å². The number of carbonyl (C=O) groups is 1. The van der Waals surface area contributed by atoms with E-state index >= 15 is 0 Å². The number of nitrogens with zero attached hydrogens (tertiary/aromatic N) is 6. The quantitative estimate of drug-likeness (QED) is 0.402. The van der Waals surface area contributed by atoms with Gasteiger partial charge in [0, 0.05) is 42.5 Å². The number of aryl methyl sites for hydroxylation is 1. The van der Waals surface area contributed by atoms with Crippen LogP contribution in [0.2, 0.25) is 0 Å². The number of amides is 1. The van der Waals surface area contributed by atoms with Crippen molar-refractivity contribution in [1.29, 1.82) is 0 Å². The van der Waals surface area contributed by atoms with Crippen LogP contribution >= 0.6 is 0 Å². The molecule has 1 saturated heterocycles. The Hall–Kier alpha value is -3.55. The van der Waals surface area contributed by atoms with Crippen LogP contribution in [0.3, 0.4) is 0 Å². The Morgan fingerprint density at radius 2 is 1.86 bits per heavy atom. The summed E-state index contributed by atoms with van der Waals surface area (Å²) in [4.78, 5) is 22.4. The van der Waals surface area contributed by atoms with Gasteiger partial charge in [0.15, 0.2) is 5.65 Å². The standard InChI is InChI=1S/C28H31FN6O/c1-18-11-12-24-23(15-18)26-32-31-25(20-7-4-3-5-8-20)35(26)28(30-24)33-13-14-34(19(2)17-33)27(36)21-9-6-10-22(29)16-21/h6,9-12,15-16,19-20H,3-5,7-8,13-14,17H2,1-2H3/t19-/m0/s1. The Labute approximate surface area is 209 Å². The summed E-state index contributed by atoms with van der Waals surface area (Å²) in [6.45, 7) is 5.92. The van der Waals surface area contributed by atoms with Crippen molar-refractivity contribution in [3.63, 3.8) is 0 Å². The van der Waals surface area contributed by atoms with Gasteiger partial charge in [-0.1, -0.05) is 37.0 Å². The van der Waals surface area contributed by atoms with Crippen molar-refractivity contribution in [2.45, 2.75) is 57.9 Å². The van der Waals surface area contributed by atoms with Gasteiger partial charge in [-0.05, 0) is 57.0 Å². The van der Waals surface area contributed by atoms with Gasteiger partial charge in [-0.15, -0.1) is 10.2 Å². The fraction of sp³-hybridized carbons (Fsp3) is 0.429.